The zero-order valence-electron chi connectivity index (χ0n) is 13.4. The van der Waals surface area contributed by atoms with Gasteiger partial charge in [-0.3, -0.25) is 14.9 Å². The molecule has 3 heterocycles. The van der Waals surface area contributed by atoms with Gasteiger partial charge in [0.1, 0.15) is 10.7 Å². The number of para-hydroxylation sites is 1. The molecule has 1 amide bonds. The molecule has 0 radical (unpaired) electrons. The molecule has 0 bridgehead atoms. The molecule has 9 nitrogen and oxygen atoms in total. The standard InChI is InChI=1S/C16H11N5O4S/c1-9-8-13(18-15(22)11-6-7-14(25-11)21(23)24)20(19-9)16-17-10-4-2-3-5-12(10)26-16/h2-8H,1H3,(H,18,22). The molecule has 0 fully saturated rings. The van der Waals surface area contributed by atoms with Crippen molar-refractivity contribution in [2.75, 3.05) is 5.32 Å². The van der Waals surface area contributed by atoms with Crippen LogP contribution < -0.4 is 5.32 Å². The Morgan fingerprint density at radius 2 is 2.12 bits per heavy atom. The topological polar surface area (TPSA) is 116 Å². The first kappa shape index (κ1) is 16.0. The second-order valence-electron chi connectivity index (χ2n) is 5.40. The second-order valence-corrected chi connectivity index (χ2v) is 6.41. The van der Waals surface area contributed by atoms with Crippen LogP contribution >= 0.6 is 11.3 Å². The molecule has 1 aromatic carbocycles. The lowest BCUT2D eigenvalue weighted by Gasteiger charge is -2.04. The molecular formula is C16H11N5O4S. The summed E-state index contributed by atoms with van der Waals surface area (Å²) in [6.45, 7) is 1.79. The molecule has 0 saturated carbocycles. The van der Waals surface area contributed by atoms with Crippen LogP contribution in [0.25, 0.3) is 15.3 Å². The lowest BCUT2D eigenvalue weighted by atomic mass is 10.3. The fraction of sp³-hybridized carbons (Fsp3) is 0.0625. The molecule has 0 aliphatic rings. The minimum Gasteiger partial charge on any atom is -0.395 e. The number of carbonyl (C=O) groups excluding carboxylic acids is 1. The predicted octanol–water partition coefficient (Wildman–Crippen LogP) is 3.54. The van der Waals surface area contributed by atoms with Crippen molar-refractivity contribution in [3.8, 4) is 5.13 Å². The van der Waals surface area contributed by atoms with Crippen molar-refractivity contribution in [3.63, 3.8) is 0 Å². The molecule has 3 aromatic heterocycles. The van der Waals surface area contributed by atoms with Gasteiger partial charge in [-0.25, -0.2) is 4.98 Å². The number of nitrogens with one attached hydrogen (secondary N) is 1. The number of hydrogen-bond donors (Lipinski definition) is 1. The highest BCUT2D eigenvalue weighted by Gasteiger charge is 2.20. The first-order valence-corrected chi connectivity index (χ1v) is 8.31. The number of aryl methyl sites for hydroxylation is 1. The summed E-state index contributed by atoms with van der Waals surface area (Å²) < 4.78 is 7.44. The summed E-state index contributed by atoms with van der Waals surface area (Å²) in [7, 11) is 0. The Kier molecular flexibility index (Phi) is 3.73. The Balaban J connectivity index is 1.67. The molecule has 0 unspecified atom stereocenters. The fourth-order valence-electron chi connectivity index (χ4n) is 2.41. The van der Waals surface area contributed by atoms with Gasteiger partial charge in [0.25, 0.3) is 5.91 Å². The lowest BCUT2D eigenvalue weighted by Crippen LogP contribution is -2.14. The van der Waals surface area contributed by atoms with Gasteiger partial charge < -0.3 is 9.73 Å². The number of anilines is 1. The molecule has 0 saturated heterocycles. The van der Waals surface area contributed by atoms with Crippen LogP contribution in [-0.2, 0) is 0 Å². The number of benzene rings is 1. The fourth-order valence-corrected chi connectivity index (χ4v) is 3.34. The third kappa shape index (κ3) is 2.82. The second kappa shape index (κ2) is 6.08. The molecule has 4 aromatic rings. The van der Waals surface area contributed by atoms with Crippen molar-refractivity contribution in [2.45, 2.75) is 6.92 Å². The van der Waals surface area contributed by atoms with E-state index in [0.717, 1.165) is 16.3 Å². The van der Waals surface area contributed by atoms with E-state index in [1.807, 2.05) is 24.3 Å². The molecule has 130 valence electrons. The molecule has 1 N–H and O–H groups in total. The van der Waals surface area contributed by atoms with E-state index < -0.39 is 16.7 Å². The minimum absolute atomic E-state index is 0.161. The number of carbonyl (C=O) groups is 1. The van der Waals surface area contributed by atoms with E-state index in [1.165, 1.54) is 22.1 Å². The van der Waals surface area contributed by atoms with Crippen molar-refractivity contribution in [3.05, 3.63) is 64.0 Å². The van der Waals surface area contributed by atoms with Crippen molar-refractivity contribution in [1.29, 1.82) is 0 Å². The largest absolute Gasteiger partial charge is 0.433 e. The maximum Gasteiger partial charge on any atom is 0.433 e. The third-order valence-corrected chi connectivity index (χ3v) is 4.54. The number of nitrogens with zero attached hydrogens (tertiary/aromatic N) is 4. The summed E-state index contributed by atoms with van der Waals surface area (Å²) in [5.74, 6) is -0.872. The maximum atomic E-state index is 12.3. The number of aromatic nitrogens is 3. The number of hydrogen-bond acceptors (Lipinski definition) is 7. The SMILES string of the molecule is Cc1cc(NC(=O)c2ccc([N+](=O)[O-])o2)n(-c2nc3ccccc3s2)n1. The molecule has 4 rings (SSSR count). The van der Waals surface area contributed by atoms with Crippen LogP contribution in [0.5, 0.6) is 0 Å². The monoisotopic (exact) mass is 369 g/mol. The van der Waals surface area contributed by atoms with E-state index in [9.17, 15) is 14.9 Å². The van der Waals surface area contributed by atoms with E-state index in [1.54, 1.807) is 13.0 Å². The Bertz CT molecular complexity index is 1110. The number of nitro groups is 1. The van der Waals surface area contributed by atoms with Gasteiger partial charge in [-0.15, -0.1) is 0 Å². The Labute approximate surface area is 150 Å². The summed E-state index contributed by atoms with van der Waals surface area (Å²) in [6, 6.07) is 11.7. The summed E-state index contributed by atoms with van der Waals surface area (Å²) in [5, 5.41) is 18.3. The summed E-state index contributed by atoms with van der Waals surface area (Å²) in [5.41, 5.74) is 1.52. The number of thiazole rings is 1. The molecule has 0 aliphatic carbocycles. The Morgan fingerprint density at radius 1 is 1.31 bits per heavy atom. The molecule has 0 atom stereocenters. The average molecular weight is 369 g/mol. The van der Waals surface area contributed by atoms with E-state index in [0.29, 0.717) is 16.6 Å². The van der Waals surface area contributed by atoms with Crippen LogP contribution in [0.15, 0.2) is 46.9 Å². The third-order valence-electron chi connectivity index (χ3n) is 3.53. The van der Waals surface area contributed by atoms with Gasteiger partial charge in [-0.2, -0.15) is 9.78 Å². The molecular weight excluding hydrogens is 358 g/mol. The summed E-state index contributed by atoms with van der Waals surface area (Å²) in [6.07, 6.45) is 0. The predicted molar refractivity (Wildman–Crippen MR) is 94.8 cm³/mol. The summed E-state index contributed by atoms with van der Waals surface area (Å²) in [4.78, 5) is 26.8. The maximum absolute atomic E-state index is 12.3. The smallest absolute Gasteiger partial charge is 0.395 e. The van der Waals surface area contributed by atoms with E-state index in [-0.39, 0.29) is 5.76 Å². The quantitative estimate of drug-likeness (QED) is 0.434. The first-order chi connectivity index (χ1) is 12.5. The van der Waals surface area contributed by atoms with E-state index >= 15 is 0 Å². The molecule has 0 spiro atoms. The lowest BCUT2D eigenvalue weighted by molar-refractivity contribution is -0.402. The first-order valence-electron chi connectivity index (χ1n) is 7.49. The zero-order chi connectivity index (χ0) is 18.3. The zero-order valence-corrected chi connectivity index (χ0v) is 14.2. The van der Waals surface area contributed by atoms with Crippen molar-refractivity contribution in [1.82, 2.24) is 14.8 Å². The van der Waals surface area contributed by atoms with Gasteiger partial charge in [0.15, 0.2) is 5.76 Å². The molecule has 0 aliphatic heterocycles. The Hall–Kier alpha value is -3.53. The highest BCUT2D eigenvalue weighted by molar-refractivity contribution is 7.20. The van der Waals surface area contributed by atoms with Crippen LogP contribution in [0.4, 0.5) is 11.7 Å². The molecule has 26 heavy (non-hydrogen) atoms. The van der Waals surface area contributed by atoms with Gasteiger partial charge >= 0.3 is 5.88 Å². The summed E-state index contributed by atoms with van der Waals surface area (Å²) >= 11 is 1.43. The van der Waals surface area contributed by atoms with E-state index in [4.69, 9.17) is 4.42 Å². The van der Waals surface area contributed by atoms with Crippen LogP contribution in [0, 0.1) is 17.0 Å². The highest BCUT2D eigenvalue weighted by atomic mass is 32.1. The van der Waals surface area contributed by atoms with Gasteiger partial charge in [-0.1, -0.05) is 23.5 Å². The molecule has 10 heteroatoms. The van der Waals surface area contributed by atoms with Crippen LogP contribution in [0.2, 0.25) is 0 Å². The van der Waals surface area contributed by atoms with Crippen LogP contribution in [0.1, 0.15) is 16.2 Å². The van der Waals surface area contributed by atoms with Gasteiger partial charge in [0.2, 0.25) is 5.13 Å². The Morgan fingerprint density at radius 3 is 2.85 bits per heavy atom. The minimum atomic E-state index is -0.702. The number of rotatable bonds is 4. The van der Waals surface area contributed by atoms with E-state index in [2.05, 4.69) is 15.4 Å². The van der Waals surface area contributed by atoms with Crippen LogP contribution in [-0.4, -0.2) is 25.6 Å². The van der Waals surface area contributed by atoms with Gasteiger partial charge in [0, 0.05) is 6.07 Å². The van der Waals surface area contributed by atoms with Gasteiger partial charge in [0.05, 0.1) is 22.0 Å². The van der Waals surface area contributed by atoms with Crippen molar-refractivity contribution >= 4 is 39.2 Å². The van der Waals surface area contributed by atoms with Gasteiger partial charge in [-0.05, 0) is 25.1 Å². The number of furan rings is 1. The van der Waals surface area contributed by atoms with Crippen LogP contribution in [0.3, 0.4) is 0 Å². The number of amides is 1. The highest BCUT2D eigenvalue weighted by Crippen LogP contribution is 2.27. The van der Waals surface area contributed by atoms with Crippen molar-refractivity contribution in [2.24, 2.45) is 0 Å². The normalized spacial score (nSPS) is 11.0. The van der Waals surface area contributed by atoms with Crippen molar-refractivity contribution < 1.29 is 14.1 Å². The average Bonchev–Trinajstić information content (AvgIpc) is 3.31. The number of fused-ring (bicyclic) bond motifs is 1.